The van der Waals surface area contributed by atoms with Crippen LogP contribution in [0.3, 0.4) is 0 Å². The number of carbonyl (C=O) groups is 2. The van der Waals surface area contributed by atoms with Gasteiger partial charge in [-0.3, -0.25) is 9.59 Å². The number of rotatable bonds is 6. The van der Waals surface area contributed by atoms with Crippen molar-refractivity contribution < 1.29 is 19.4 Å². The minimum Gasteiger partial charge on any atom is -0.504 e. The zero-order chi connectivity index (χ0) is 18.2. The number of benzene rings is 2. The maximum absolute atomic E-state index is 11.9. The Hall–Kier alpha value is -3.35. The van der Waals surface area contributed by atoms with Gasteiger partial charge in [-0.1, -0.05) is 17.7 Å². The van der Waals surface area contributed by atoms with E-state index in [0.29, 0.717) is 16.9 Å². The van der Waals surface area contributed by atoms with E-state index in [-0.39, 0.29) is 18.2 Å². The topological polar surface area (TPSA) is 100 Å². The fraction of sp³-hybridized carbons (Fsp3) is 0.167. The highest BCUT2D eigenvalue weighted by Gasteiger charge is 2.07. The van der Waals surface area contributed by atoms with Gasteiger partial charge in [-0.25, -0.2) is 5.43 Å². The maximum atomic E-state index is 11.9. The predicted molar refractivity (Wildman–Crippen MR) is 93.9 cm³/mol. The van der Waals surface area contributed by atoms with E-state index in [0.717, 1.165) is 5.56 Å². The number of phenolic OH excluding ortho intramolecular Hbond substituents is 1. The Kier molecular flexibility index (Phi) is 6.11. The molecule has 25 heavy (non-hydrogen) atoms. The molecule has 0 fully saturated rings. The van der Waals surface area contributed by atoms with Gasteiger partial charge in [0.2, 0.25) is 0 Å². The first-order valence-corrected chi connectivity index (χ1v) is 7.53. The number of hydrazone groups is 1. The molecule has 0 radical (unpaired) electrons. The highest BCUT2D eigenvalue weighted by Crippen LogP contribution is 2.25. The number of ether oxygens (including phenoxy) is 1. The molecular weight excluding hydrogens is 322 g/mol. The lowest BCUT2D eigenvalue weighted by molar-refractivity contribution is -0.120. The summed E-state index contributed by atoms with van der Waals surface area (Å²) in [5.74, 6) is -0.465. The summed E-state index contributed by atoms with van der Waals surface area (Å²) in [6.07, 6.45) is 1.40. The Morgan fingerprint density at radius 3 is 2.60 bits per heavy atom. The van der Waals surface area contributed by atoms with Crippen LogP contribution in [0.5, 0.6) is 11.5 Å². The van der Waals surface area contributed by atoms with Crippen LogP contribution >= 0.6 is 0 Å². The first kappa shape index (κ1) is 18.0. The molecule has 2 aromatic rings. The molecule has 7 nitrogen and oxygen atoms in total. The number of phenols is 1. The van der Waals surface area contributed by atoms with E-state index in [1.54, 1.807) is 24.3 Å². The third kappa shape index (κ3) is 5.35. The molecule has 2 aromatic carbocycles. The van der Waals surface area contributed by atoms with Crippen LogP contribution in [0.4, 0.5) is 0 Å². The average molecular weight is 341 g/mol. The predicted octanol–water partition coefficient (Wildman–Crippen LogP) is 1.59. The first-order valence-electron chi connectivity index (χ1n) is 7.53. The second-order valence-electron chi connectivity index (χ2n) is 5.27. The van der Waals surface area contributed by atoms with Crippen molar-refractivity contribution in [2.75, 3.05) is 13.7 Å². The van der Waals surface area contributed by atoms with Gasteiger partial charge >= 0.3 is 0 Å². The second-order valence-corrected chi connectivity index (χ2v) is 5.27. The Balaban J connectivity index is 1.82. The average Bonchev–Trinajstić information content (AvgIpc) is 2.61. The number of aromatic hydroxyl groups is 1. The number of hydrogen-bond donors (Lipinski definition) is 3. The summed E-state index contributed by atoms with van der Waals surface area (Å²) in [6.45, 7) is 1.74. The SMILES string of the molecule is COc1cc(C=NNC(=O)CNC(=O)c2ccc(C)cc2)ccc1O. The third-order valence-electron chi connectivity index (χ3n) is 3.33. The zero-order valence-electron chi connectivity index (χ0n) is 13.9. The Morgan fingerprint density at radius 2 is 1.92 bits per heavy atom. The minimum atomic E-state index is -0.456. The van der Waals surface area contributed by atoms with Crippen molar-refractivity contribution in [1.82, 2.24) is 10.7 Å². The van der Waals surface area contributed by atoms with Gasteiger partial charge in [-0.2, -0.15) is 5.10 Å². The van der Waals surface area contributed by atoms with Gasteiger partial charge in [0.1, 0.15) is 0 Å². The highest BCUT2D eigenvalue weighted by atomic mass is 16.5. The Bertz CT molecular complexity index is 785. The molecule has 0 spiro atoms. The number of nitrogens with zero attached hydrogens (tertiary/aromatic N) is 1. The summed E-state index contributed by atoms with van der Waals surface area (Å²) in [6, 6.07) is 11.7. The lowest BCUT2D eigenvalue weighted by Gasteiger charge is -2.05. The van der Waals surface area contributed by atoms with Crippen LogP contribution in [-0.2, 0) is 4.79 Å². The van der Waals surface area contributed by atoms with Crippen LogP contribution < -0.4 is 15.5 Å². The van der Waals surface area contributed by atoms with Gasteiger partial charge in [-0.15, -0.1) is 0 Å². The van der Waals surface area contributed by atoms with Gasteiger partial charge < -0.3 is 15.2 Å². The molecule has 0 aliphatic rings. The monoisotopic (exact) mass is 341 g/mol. The smallest absolute Gasteiger partial charge is 0.259 e. The fourth-order valence-electron chi connectivity index (χ4n) is 1.96. The molecule has 0 aliphatic carbocycles. The van der Waals surface area contributed by atoms with Gasteiger partial charge in [-0.05, 0) is 42.8 Å². The zero-order valence-corrected chi connectivity index (χ0v) is 13.9. The van der Waals surface area contributed by atoms with E-state index >= 15 is 0 Å². The van der Waals surface area contributed by atoms with E-state index in [4.69, 9.17) is 4.74 Å². The summed E-state index contributed by atoms with van der Waals surface area (Å²) in [5.41, 5.74) is 4.48. The number of aryl methyl sites for hydroxylation is 1. The van der Waals surface area contributed by atoms with Crippen LogP contribution in [0.15, 0.2) is 47.6 Å². The van der Waals surface area contributed by atoms with Crippen molar-refractivity contribution in [1.29, 1.82) is 0 Å². The molecule has 0 aromatic heterocycles. The molecule has 0 bridgehead atoms. The van der Waals surface area contributed by atoms with Crippen molar-refractivity contribution in [3.05, 3.63) is 59.2 Å². The van der Waals surface area contributed by atoms with Crippen molar-refractivity contribution in [3.8, 4) is 11.5 Å². The summed E-state index contributed by atoms with van der Waals surface area (Å²) >= 11 is 0. The quantitative estimate of drug-likeness (QED) is 0.549. The summed E-state index contributed by atoms with van der Waals surface area (Å²) in [4.78, 5) is 23.6. The van der Waals surface area contributed by atoms with E-state index in [1.807, 2.05) is 19.1 Å². The molecule has 2 amide bonds. The third-order valence-corrected chi connectivity index (χ3v) is 3.33. The number of amides is 2. The second kappa shape index (κ2) is 8.49. The molecule has 0 heterocycles. The van der Waals surface area contributed by atoms with Gasteiger partial charge in [0.15, 0.2) is 11.5 Å². The van der Waals surface area contributed by atoms with E-state index < -0.39 is 5.91 Å². The first-order chi connectivity index (χ1) is 12.0. The highest BCUT2D eigenvalue weighted by molar-refractivity contribution is 5.96. The standard InChI is InChI=1S/C18H19N3O4/c1-12-3-6-14(7-4-12)18(24)19-11-17(23)21-20-10-13-5-8-15(22)16(9-13)25-2/h3-10,22H,11H2,1-2H3,(H,19,24)(H,21,23). The van der Waals surface area contributed by atoms with Crippen LogP contribution in [0, 0.1) is 6.92 Å². The van der Waals surface area contributed by atoms with Crippen molar-refractivity contribution >= 4 is 18.0 Å². The lowest BCUT2D eigenvalue weighted by atomic mass is 10.1. The maximum Gasteiger partial charge on any atom is 0.259 e. The summed E-state index contributed by atoms with van der Waals surface area (Å²) < 4.78 is 4.98. The van der Waals surface area contributed by atoms with E-state index in [9.17, 15) is 14.7 Å². The van der Waals surface area contributed by atoms with E-state index in [1.165, 1.54) is 19.4 Å². The van der Waals surface area contributed by atoms with Crippen molar-refractivity contribution in [3.63, 3.8) is 0 Å². The molecule has 2 rings (SSSR count). The molecule has 3 N–H and O–H groups in total. The lowest BCUT2D eigenvalue weighted by Crippen LogP contribution is -2.34. The Morgan fingerprint density at radius 1 is 1.20 bits per heavy atom. The Labute approximate surface area is 145 Å². The molecule has 0 unspecified atom stereocenters. The minimum absolute atomic E-state index is 0.0162. The van der Waals surface area contributed by atoms with E-state index in [2.05, 4.69) is 15.8 Å². The van der Waals surface area contributed by atoms with Gasteiger partial charge in [0.05, 0.1) is 19.9 Å². The summed E-state index contributed by atoms with van der Waals surface area (Å²) in [5, 5.41) is 15.8. The van der Waals surface area contributed by atoms with Crippen LogP contribution in [0.25, 0.3) is 0 Å². The van der Waals surface area contributed by atoms with Gasteiger partial charge in [0, 0.05) is 5.56 Å². The molecule has 0 aliphatic heterocycles. The molecular formula is C18H19N3O4. The number of hydrogen-bond acceptors (Lipinski definition) is 5. The van der Waals surface area contributed by atoms with Crippen LogP contribution in [0.2, 0.25) is 0 Å². The van der Waals surface area contributed by atoms with Crippen LogP contribution in [-0.4, -0.2) is 36.8 Å². The number of methoxy groups -OCH3 is 1. The molecule has 0 saturated carbocycles. The van der Waals surface area contributed by atoms with Crippen molar-refractivity contribution in [2.24, 2.45) is 5.10 Å². The van der Waals surface area contributed by atoms with Crippen LogP contribution in [0.1, 0.15) is 21.5 Å². The van der Waals surface area contributed by atoms with Crippen molar-refractivity contribution in [2.45, 2.75) is 6.92 Å². The summed E-state index contributed by atoms with van der Waals surface area (Å²) in [7, 11) is 1.44. The number of nitrogens with one attached hydrogen (secondary N) is 2. The largest absolute Gasteiger partial charge is 0.504 e. The normalized spacial score (nSPS) is 10.5. The number of carbonyl (C=O) groups excluding carboxylic acids is 2. The van der Waals surface area contributed by atoms with Gasteiger partial charge in [0.25, 0.3) is 11.8 Å². The molecule has 7 heteroatoms. The molecule has 0 saturated heterocycles. The molecule has 0 atom stereocenters. The molecule has 130 valence electrons. The fourth-order valence-corrected chi connectivity index (χ4v) is 1.96.